The van der Waals surface area contributed by atoms with E-state index in [4.69, 9.17) is 25.8 Å². The number of allylic oxidation sites excluding steroid dienone is 1. The maximum absolute atomic E-state index is 13.5. The molecule has 0 unspecified atom stereocenters. The molecule has 2 atom stereocenters. The third-order valence-electron chi connectivity index (χ3n) is 4.99. The first-order valence-corrected chi connectivity index (χ1v) is 9.25. The molecule has 1 heterocycles. The minimum absolute atomic E-state index is 0.0387. The van der Waals surface area contributed by atoms with Gasteiger partial charge in [-0.3, -0.25) is 9.59 Å². The summed E-state index contributed by atoms with van der Waals surface area (Å²) >= 11 is 6.31. The molecule has 3 rings (SSSR count). The Labute approximate surface area is 162 Å². The number of ether oxygens (including phenoxy) is 3. The lowest BCUT2D eigenvalue weighted by atomic mass is 9.80. The lowest BCUT2D eigenvalue weighted by Crippen LogP contribution is -2.51. The number of benzene rings is 1. The Hall–Kier alpha value is -2.34. The van der Waals surface area contributed by atoms with Crippen LogP contribution in [0.25, 0.3) is 0 Å². The van der Waals surface area contributed by atoms with Crippen LogP contribution in [0.3, 0.4) is 0 Å². The minimum atomic E-state index is -1.78. The molecular weight excluding hydrogens is 372 g/mol. The van der Waals surface area contributed by atoms with Gasteiger partial charge in [-0.05, 0) is 51.3 Å². The molecular formula is C20H21ClO6. The number of rotatable bonds is 4. The number of ketones is 1. The van der Waals surface area contributed by atoms with E-state index in [0.29, 0.717) is 16.3 Å². The second-order valence-corrected chi connectivity index (χ2v) is 6.93. The summed E-state index contributed by atoms with van der Waals surface area (Å²) in [5, 5.41) is 0.454. The number of carbonyl (C=O) groups is 3. The molecule has 1 aromatic carbocycles. The van der Waals surface area contributed by atoms with Gasteiger partial charge in [-0.2, -0.15) is 0 Å². The summed E-state index contributed by atoms with van der Waals surface area (Å²) in [6.07, 6.45) is 1.69. The summed E-state index contributed by atoms with van der Waals surface area (Å²) in [6.45, 7) is 7.16. The van der Waals surface area contributed by atoms with Crippen LogP contribution in [0.2, 0.25) is 5.02 Å². The lowest BCUT2D eigenvalue weighted by molar-refractivity contribution is -0.152. The van der Waals surface area contributed by atoms with Gasteiger partial charge in [0.15, 0.2) is 0 Å². The number of hydrogen-bond donors (Lipinski definition) is 0. The molecule has 0 saturated carbocycles. The standard InChI is InChI=1S/C20H21ClO6/c1-5-25-18(23)12-7-8-13(19(24)26-6-2)20(12)17(22)15-11(4)16(21)10(3)9-14(15)27-20/h7,9,13H,5-6,8H2,1-4H3/t13-,20-/m1/s1. The molecule has 7 heteroatoms. The van der Waals surface area contributed by atoms with Crippen molar-refractivity contribution in [3.05, 3.63) is 39.4 Å². The van der Waals surface area contributed by atoms with Gasteiger partial charge in [-0.1, -0.05) is 17.7 Å². The number of halogens is 1. The van der Waals surface area contributed by atoms with Gasteiger partial charge >= 0.3 is 11.9 Å². The molecule has 0 saturated heterocycles. The zero-order chi connectivity index (χ0) is 19.9. The van der Waals surface area contributed by atoms with Crippen LogP contribution >= 0.6 is 11.6 Å². The van der Waals surface area contributed by atoms with Crippen molar-refractivity contribution in [2.45, 2.75) is 39.7 Å². The van der Waals surface area contributed by atoms with Crippen LogP contribution in [0.4, 0.5) is 0 Å². The highest BCUT2D eigenvalue weighted by Gasteiger charge is 2.64. The molecule has 27 heavy (non-hydrogen) atoms. The van der Waals surface area contributed by atoms with Crippen LogP contribution in [0.15, 0.2) is 17.7 Å². The van der Waals surface area contributed by atoms with E-state index in [2.05, 4.69) is 0 Å². The molecule has 6 nitrogen and oxygen atoms in total. The molecule has 2 aliphatic rings. The third kappa shape index (κ3) is 2.74. The highest BCUT2D eigenvalue weighted by Crippen LogP contribution is 2.51. The van der Waals surface area contributed by atoms with Gasteiger partial charge in [0.25, 0.3) is 0 Å². The predicted octanol–water partition coefficient (Wildman–Crippen LogP) is 3.34. The minimum Gasteiger partial charge on any atom is -0.472 e. The summed E-state index contributed by atoms with van der Waals surface area (Å²) < 4.78 is 16.3. The molecule has 0 N–H and O–H groups in total. The summed E-state index contributed by atoms with van der Waals surface area (Å²) in [4.78, 5) is 38.6. The lowest BCUT2D eigenvalue weighted by Gasteiger charge is -2.30. The molecule has 0 fully saturated rings. The van der Waals surface area contributed by atoms with E-state index < -0.39 is 29.2 Å². The average Bonchev–Trinajstić information content (AvgIpc) is 3.13. The van der Waals surface area contributed by atoms with Crippen LogP contribution < -0.4 is 4.74 Å². The molecule has 1 aliphatic heterocycles. The fourth-order valence-electron chi connectivity index (χ4n) is 3.79. The van der Waals surface area contributed by atoms with Crippen molar-refractivity contribution in [3.63, 3.8) is 0 Å². The van der Waals surface area contributed by atoms with Crippen LogP contribution in [0, 0.1) is 19.8 Å². The van der Waals surface area contributed by atoms with E-state index >= 15 is 0 Å². The maximum atomic E-state index is 13.5. The predicted molar refractivity (Wildman–Crippen MR) is 98.1 cm³/mol. The fourth-order valence-corrected chi connectivity index (χ4v) is 3.94. The van der Waals surface area contributed by atoms with E-state index in [-0.39, 0.29) is 30.8 Å². The topological polar surface area (TPSA) is 78.9 Å². The van der Waals surface area contributed by atoms with Crippen molar-refractivity contribution < 1.29 is 28.6 Å². The van der Waals surface area contributed by atoms with Gasteiger partial charge in [-0.25, -0.2) is 4.79 Å². The third-order valence-corrected chi connectivity index (χ3v) is 5.58. The van der Waals surface area contributed by atoms with Crippen molar-refractivity contribution >= 4 is 29.3 Å². The van der Waals surface area contributed by atoms with Crippen molar-refractivity contribution in [1.29, 1.82) is 0 Å². The van der Waals surface area contributed by atoms with Gasteiger partial charge in [-0.15, -0.1) is 0 Å². The number of fused-ring (bicyclic) bond motifs is 1. The Morgan fingerprint density at radius 3 is 2.56 bits per heavy atom. The Morgan fingerprint density at radius 2 is 1.93 bits per heavy atom. The van der Waals surface area contributed by atoms with Gasteiger partial charge in [0.2, 0.25) is 11.4 Å². The van der Waals surface area contributed by atoms with E-state index in [1.165, 1.54) is 6.08 Å². The Morgan fingerprint density at radius 1 is 1.26 bits per heavy atom. The Bertz CT molecular complexity index is 872. The van der Waals surface area contributed by atoms with Crippen molar-refractivity contribution in [2.24, 2.45) is 5.92 Å². The van der Waals surface area contributed by atoms with Crippen LogP contribution in [0.1, 0.15) is 41.8 Å². The molecule has 0 amide bonds. The Kier molecular flexibility index (Phi) is 5.04. The van der Waals surface area contributed by atoms with E-state index in [9.17, 15) is 14.4 Å². The van der Waals surface area contributed by atoms with E-state index in [0.717, 1.165) is 5.56 Å². The van der Waals surface area contributed by atoms with Crippen LogP contribution in [0.5, 0.6) is 5.75 Å². The second-order valence-electron chi connectivity index (χ2n) is 6.55. The monoisotopic (exact) mass is 392 g/mol. The fraction of sp³-hybridized carbons (Fsp3) is 0.450. The summed E-state index contributed by atoms with van der Waals surface area (Å²) in [7, 11) is 0. The van der Waals surface area contributed by atoms with Crippen molar-refractivity contribution in [3.8, 4) is 5.75 Å². The SMILES string of the molecule is CCOC(=O)C1=CC[C@H](C(=O)OCC)[C@]12Oc1cc(C)c(Cl)c(C)c1C2=O. The van der Waals surface area contributed by atoms with Crippen LogP contribution in [-0.2, 0) is 19.1 Å². The quantitative estimate of drug-likeness (QED) is 0.731. The summed E-state index contributed by atoms with van der Waals surface area (Å²) in [5.41, 5.74) is -0.145. The van der Waals surface area contributed by atoms with Gasteiger partial charge in [0, 0.05) is 5.02 Å². The summed E-state index contributed by atoms with van der Waals surface area (Å²) in [6, 6.07) is 1.65. The molecule has 0 aromatic heterocycles. The first kappa shape index (κ1) is 19.4. The van der Waals surface area contributed by atoms with E-state index in [1.54, 1.807) is 33.8 Å². The molecule has 0 bridgehead atoms. The number of Topliss-reactive ketones (excluding diaryl/α,β-unsaturated/α-hetero) is 1. The van der Waals surface area contributed by atoms with Crippen LogP contribution in [-0.4, -0.2) is 36.5 Å². The smallest absolute Gasteiger partial charge is 0.338 e. The highest BCUT2D eigenvalue weighted by atomic mass is 35.5. The first-order valence-electron chi connectivity index (χ1n) is 8.87. The summed E-state index contributed by atoms with van der Waals surface area (Å²) in [5.74, 6) is -2.38. The Balaban J connectivity index is 2.16. The van der Waals surface area contributed by atoms with Crippen molar-refractivity contribution in [1.82, 2.24) is 0 Å². The molecule has 0 radical (unpaired) electrons. The second kappa shape index (κ2) is 7.00. The largest absolute Gasteiger partial charge is 0.472 e. The molecule has 1 spiro atoms. The molecule has 1 aromatic rings. The van der Waals surface area contributed by atoms with Gasteiger partial charge < -0.3 is 14.2 Å². The zero-order valence-corrected chi connectivity index (χ0v) is 16.4. The zero-order valence-electron chi connectivity index (χ0n) is 15.7. The normalized spacial score (nSPS) is 23.1. The van der Waals surface area contributed by atoms with Gasteiger partial charge in [0.1, 0.15) is 11.7 Å². The average molecular weight is 393 g/mol. The van der Waals surface area contributed by atoms with E-state index in [1.807, 2.05) is 0 Å². The maximum Gasteiger partial charge on any atom is 0.338 e. The number of esters is 2. The number of hydrogen-bond acceptors (Lipinski definition) is 6. The van der Waals surface area contributed by atoms with Crippen molar-refractivity contribution in [2.75, 3.05) is 13.2 Å². The number of aryl methyl sites for hydroxylation is 1. The molecule has 1 aliphatic carbocycles. The first-order chi connectivity index (χ1) is 12.8. The van der Waals surface area contributed by atoms with Gasteiger partial charge in [0.05, 0.1) is 24.4 Å². The molecule has 144 valence electrons. The highest BCUT2D eigenvalue weighted by molar-refractivity contribution is 6.33. The number of carbonyl (C=O) groups excluding carboxylic acids is 3.